The molecular formula is C23H23N3OS. The van der Waals surface area contributed by atoms with Gasteiger partial charge in [0.1, 0.15) is 16.6 Å². The Hall–Kier alpha value is -2.92. The van der Waals surface area contributed by atoms with E-state index in [-0.39, 0.29) is 5.76 Å². The first-order valence-corrected chi connectivity index (χ1v) is 10.2. The molecule has 142 valence electrons. The molecule has 2 heterocycles. The first-order valence-electron chi connectivity index (χ1n) is 9.37. The van der Waals surface area contributed by atoms with Crippen LogP contribution in [0.15, 0.2) is 60.4 Å². The fourth-order valence-electron chi connectivity index (χ4n) is 3.43. The lowest BCUT2D eigenvalue weighted by Crippen LogP contribution is -2.26. The number of hydrogen-bond donors (Lipinski definition) is 2. The van der Waals surface area contributed by atoms with E-state index in [4.69, 9.17) is 10.4 Å². The van der Waals surface area contributed by atoms with Crippen LogP contribution in [0.25, 0.3) is 16.8 Å². The van der Waals surface area contributed by atoms with E-state index in [1.54, 1.807) is 0 Å². The molecule has 1 aliphatic rings. The van der Waals surface area contributed by atoms with Crippen LogP contribution in [-0.4, -0.2) is 22.5 Å². The van der Waals surface area contributed by atoms with E-state index in [1.807, 2.05) is 54.3 Å². The fourth-order valence-corrected chi connectivity index (χ4v) is 4.43. The van der Waals surface area contributed by atoms with E-state index in [0.717, 1.165) is 21.8 Å². The largest absolute Gasteiger partial charge is 0.510 e. The third kappa shape index (κ3) is 3.22. The quantitative estimate of drug-likeness (QED) is 0.574. The summed E-state index contributed by atoms with van der Waals surface area (Å²) < 4.78 is 0. The number of nitrogens with zero attached hydrogens (tertiary/aromatic N) is 2. The topological polar surface area (TPSA) is 60.2 Å². The predicted molar refractivity (Wildman–Crippen MR) is 117 cm³/mol. The summed E-state index contributed by atoms with van der Waals surface area (Å²) >= 11 is 1.52. The minimum absolute atomic E-state index is 0.200. The Labute approximate surface area is 169 Å². The van der Waals surface area contributed by atoms with Crippen LogP contribution in [0.1, 0.15) is 35.2 Å². The lowest BCUT2D eigenvalue weighted by atomic mass is 10.0. The molecule has 0 saturated carbocycles. The van der Waals surface area contributed by atoms with Crippen molar-refractivity contribution < 1.29 is 5.11 Å². The molecule has 0 amide bonds. The van der Waals surface area contributed by atoms with Gasteiger partial charge >= 0.3 is 0 Å². The van der Waals surface area contributed by atoms with Gasteiger partial charge in [-0.05, 0) is 30.5 Å². The van der Waals surface area contributed by atoms with E-state index in [2.05, 4.69) is 26.0 Å². The smallest absolute Gasteiger partial charge is 0.139 e. The van der Waals surface area contributed by atoms with E-state index in [1.165, 1.54) is 16.9 Å². The van der Waals surface area contributed by atoms with Crippen LogP contribution in [0.2, 0.25) is 0 Å². The second-order valence-electron chi connectivity index (χ2n) is 7.29. The molecule has 2 N–H and O–H groups in total. The molecule has 28 heavy (non-hydrogen) atoms. The van der Waals surface area contributed by atoms with E-state index < -0.39 is 0 Å². The standard InChI is InChI=1S/C23H23N3OS/c1-14(2)16-9-11-18(12-10-16)26-13-19(27)20(22(26)24)23-25-21(15(3)28-23)17-7-5-4-6-8-17/h4-12,14,24,27H,13H2,1-3H3. The molecule has 3 aromatic rings. The van der Waals surface area contributed by atoms with Gasteiger partial charge < -0.3 is 10.0 Å². The maximum atomic E-state index is 10.6. The zero-order valence-electron chi connectivity index (χ0n) is 16.2. The third-order valence-corrected chi connectivity index (χ3v) is 6.02. The summed E-state index contributed by atoms with van der Waals surface area (Å²) in [5.74, 6) is 0.957. The highest BCUT2D eigenvalue weighted by molar-refractivity contribution is 7.13. The first-order chi connectivity index (χ1) is 13.5. The Kier molecular flexibility index (Phi) is 4.77. The molecular weight excluding hydrogens is 366 g/mol. The number of aliphatic hydroxyl groups is 1. The number of aromatic nitrogens is 1. The van der Waals surface area contributed by atoms with Gasteiger partial charge in [-0.25, -0.2) is 4.98 Å². The van der Waals surface area contributed by atoms with E-state index >= 15 is 0 Å². The van der Waals surface area contributed by atoms with Crippen molar-refractivity contribution >= 4 is 28.4 Å². The Morgan fingerprint density at radius 2 is 1.75 bits per heavy atom. The van der Waals surface area contributed by atoms with Gasteiger partial charge in [-0.1, -0.05) is 56.3 Å². The second kappa shape index (κ2) is 7.24. The van der Waals surface area contributed by atoms with Gasteiger partial charge in [0.25, 0.3) is 0 Å². The van der Waals surface area contributed by atoms with Gasteiger partial charge in [0.05, 0.1) is 17.8 Å². The molecule has 0 radical (unpaired) electrons. The van der Waals surface area contributed by atoms with Crippen LogP contribution in [0, 0.1) is 12.3 Å². The summed E-state index contributed by atoms with van der Waals surface area (Å²) in [4.78, 5) is 7.67. The number of aryl methyl sites for hydroxylation is 1. The number of amidine groups is 1. The lowest BCUT2D eigenvalue weighted by molar-refractivity contribution is 0.411. The van der Waals surface area contributed by atoms with Gasteiger partial charge in [-0.15, -0.1) is 11.3 Å². The van der Waals surface area contributed by atoms with Crippen molar-refractivity contribution in [3.63, 3.8) is 0 Å². The SMILES string of the molecule is Cc1sc(C2=C(O)CN(c3ccc(C(C)C)cc3)C2=N)nc1-c1ccccc1. The second-order valence-corrected chi connectivity index (χ2v) is 8.50. The molecule has 1 aliphatic heterocycles. The summed E-state index contributed by atoms with van der Waals surface area (Å²) in [6.07, 6.45) is 0. The Morgan fingerprint density at radius 1 is 1.07 bits per heavy atom. The van der Waals surface area contributed by atoms with Crippen LogP contribution < -0.4 is 4.90 Å². The Bertz CT molecular complexity index is 1050. The molecule has 0 unspecified atom stereocenters. The van der Waals surface area contributed by atoms with E-state index in [0.29, 0.717) is 28.9 Å². The number of benzene rings is 2. The highest BCUT2D eigenvalue weighted by Crippen LogP contribution is 2.36. The zero-order chi connectivity index (χ0) is 19.8. The van der Waals surface area contributed by atoms with Crippen molar-refractivity contribution in [2.24, 2.45) is 0 Å². The van der Waals surface area contributed by atoms with Crippen LogP contribution in [0.5, 0.6) is 0 Å². The van der Waals surface area contributed by atoms with Crippen molar-refractivity contribution in [1.82, 2.24) is 4.98 Å². The summed E-state index contributed by atoms with van der Waals surface area (Å²) in [5.41, 5.74) is 4.66. The van der Waals surface area contributed by atoms with Gasteiger partial charge in [0, 0.05) is 16.1 Å². The number of anilines is 1. The maximum absolute atomic E-state index is 10.6. The molecule has 4 nitrogen and oxygen atoms in total. The average molecular weight is 390 g/mol. The van der Waals surface area contributed by atoms with Gasteiger partial charge in [0.15, 0.2) is 0 Å². The normalized spacial score (nSPS) is 14.4. The fraction of sp³-hybridized carbons (Fsp3) is 0.217. The predicted octanol–water partition coefficient (Wildman–Crippen LogP) is 6.01. The summed E-state index contributed by atoms with van der Waals surface area (Å²) in [5, 5.41) is 20.0. The number of aliphatic hydroxyl groups excluding tert-OH is 1. The van der Waals surface area contributed by atoms with Crippen molar-refractivity contribution in [3.8, 4) is 11.3 Å². The van der Waals surface area contributed by atoms with Crippen LogP contribution in [0.4, 0.5) is 5.69 Å². The van der Waals surface area contributed by atoms with Crippen molar-refractivity contribution in [1.29, 1.82) is 5.41 Å². The maximum Gasteiger partial charge on any atom is 0.139 e. The minimum Gasteiger partial charge on any atom is -0.510 e. The number of thiazole rings is 1. The summed E-state index contributed by atoms with van der Waals surface area (Å²) in [6, 6.07) is 18.2. The van der Waals surface area contributed by atoms with Crippen LogP contribution >= 0.6 is 11.3 Å². The number of hydrogen-bond acceptors (Lipinski definition) is 4. The van der Waals surface area contributed by atoms with Crippen molar-refractivity contribution in [2.45, 2.75) is 26.7 Å². The number of nitrogens with one attached hydrogen (secondary N) is 1. The van der Waals surface area contributed by atoms with E-state index in [9.17, 15) is 5.11 Å². The van der Waals surface area contributed by atoms with Gasteiger partial charge in [-0.2, -0.15) is 0 Å². The lowest BCUT2D eigenvalue weighted by Gasteiger charge is -2.19. The molecule has 0 bridgehead atoms. The van der Waals surface area contributed by atoms with Crippen LogP contribution in [0.3, 0.4) is 0 Å². The first kappa shape index (κ1) is 18.4. The summed E-state index contributed by atoms with van der Waals surface area (Å²) in [6.45, 7) is 6.65. The number of rotatable bonds is 4. The molecule has 2 aromatic carbocycles. The average Bonchev–Trinajstić information content (AvgIpc) is 3.21. The molecule has 1 aromatic heterocycles. The third-order valence-electron chi connectivity index (χ3n) is 5.03. The Balaban J connectivity index is 1.64. The molecule has 0 aliphatic carbocycles. The van der Waals surface area contributed by atoms with Crippen LogP contribution in [-0.2, 0) is 0 Å². The monoisotopic (exact) mass is 389 g/mol. The summed E-state index contributed by atoms with van der Waals surface area (Å²) in [7, 11) is 0. The van der Waals surface area contributed by atoms with Crippen molar-refractivity contribution in [3.05, 3.63) is 75.8 Å². The highest BCUT2D eigenvalue weighted by atomic mass is 32.1. The molecule has 5 heteroatoms. The minimum atomic E-state index is 0.200. The highest BCUT2D eigenvalue weighted by Gasteiger charge is 2.31. The molecule has 0 spiro atoms. The Morgan fingerprint density at radius 3 is 2.39 bits per heavy atom. The molecule has 0 saturated heterocycles. The molecule has 4 rings (SSSR count). The molecule has 0 atom stereocenters. The van der Waals surface area contributed by atoms with Gasteiger partial charge in [-0.3, -0.25) is 5.41 Å². The van der Waals surface area contributed by atoms with Crippen molar-refractivity contribution in [2.75, 3.05) is 11.4 Å². The zero-order valence-corrected chi connectivity index (χ0v) is 17.0. The molecule has 0 fully saturated rings. The van der Waals surface area contributed by atoms with Gasteiger partial charge in [0.2, 0.25) is 0 Å².